The second-order valence-corrected chi connectivity index (χ2v) is 18.3. The Kier molecular flexibility index (Phi) is 8.78. The topological polar surface area (TPSA) is 140 Å². The number of carbonyl (C=O) groups excluding carboxylic acids is 2. The Morgan fingerprint density at radius 1 is 0.625 bits per heavy atom. The molecule has 16 heteroatoms. The van der Waals surface area contributed by atoms with Crippen LogP contribution < -0.4 is 29.6 Å². The van der Waals surface area contributed by atoms with E-state index in [1.54, 1.807) is 14.1 Å². The van der Waals surface area contributed by atoms with Gasteiger partial charge in [0.1, 0.15) is 8.64 Å². The number of thiophene rings is 4. The van der Waals surface area contributed by atoms with Crippen molar-refractivity contribution in [2.45, 2.75) is 0 Å². The van der Waals surface area contributed by atoms with E-state index in [0.717, 1.165) is 37.6 Å². The lowest BCUT2D eigenvalue weighted by Crippen LogP contribution is -2.29. The highest BCUT2D eigenvalue weighted by Gasteiger charge is 2.32. The van der Waals surface area contributed by atoms with E-state index in [4.69, 9.17) is 46.7 Å². The van der Waals surface area contributed by atoms with Gasteiger partial charge >= 0.3 is 0 Å². The van der Waals surface area contributed by atoms with Gasteiger partial charge < -0.3 is 11.5 Å². The first-order valence-corrected chi connectivity index (χ1v) is 19.6. The molecular formula is C32H22N6O2S8. The average Bonchev–Trinajstić information content (AvgIpc) is 3.92. The molecule has 0 radical (unpaired) electrons. The fourth-order valence-electron chi connectivity index (χ4n) is 5.00. The minimum absolute atomic E-state index is 0.0113. The number of thiocarbonyl (C=S) groups is 2. The fourth-order valence-corrected chi connectivity index (χ4v) is 11.7. The van der Waals surface area contributed by atoms with E-state index in [9.17, 15) is 9.59 Å². The molecule has 240 valence electrons. The lowest BCUT2D eigenvalue weighted by Gasteiger charge is -2.22. The molecule has 48 heavy (non-hydrogen) atoms. The van der Waals surface area contributed by atoms with Gasteiger partial charge in [-0.25, -0.2) is 0 Å². The molecule has 2 saturated heterocycles. The molecule has 7 rings (SSSR count). The summed E-state index contributed by atoms with van der Waals surface area (Å²) in [6, 6.07) is 15.5. The van der Waals surface area contributed by atoms with Gasteiger partial charge in [0.2, 0.25) is 0 Å². The summed E-state index contributed by atoms with van der Waals surface area (Å²) in [7, 11) is 3.36. The predicted molar refractivity (Wildman–Crippen MR) is 213 cm³/mol. The molecule has 8 nitrogen and oxygen atoms in total. The van der Waals surface area contributed by atoms with E-state index in [2.05, 4.69) is 0 Å². The van der Waals surface area contributed by atoms with E-state index < -0.39 is 0 Å². The molecule has 1 aliphatic carbocycles. The zero-order valence-electron chi connectivity index (χ0n) is 24.9. The van der Waals surface area contributed by atoms with Gasteiger partial charge in [0.15, 0.2) is 0 Å². The third-order valence-electron chi connectivity index (χ3n) is 7.52. The Labute approximate surface area is 309 Å². The number of allylic oxidation sites excluding steroid dienone is 2. The van der Waals surface area contributed by atoms with Crippen molar-refractivity contribution in [1.82, 2.24) is 9.80 Å². The maximum Gasteiger partial charge on any atom is 0.267 e. The van der Waals surface area contributed by atoms with Crippen LogP contribution >= 0.6 is 93.3 Å². The molecule has 3 aliphatic rings. The van der Waals surface area contributed by atoms with Gasteiger partial charge in [-0.1, -0.05) is 48.0 Å². The molecule has 4 aromatic heterocycles. The number of amides is 2. The number of nitrogens with zero attached hydrogens (tertiary/aromatic N) is 2. The van der Waals surface area contributed by atoms with E-state index >= 15 is 0 Å². The Morgan fingerprint density at radius 3 is 1.38 bits per heavy atom. The number of carbonyl (C=O) groups is 2. The minimum Gasteiger partial charge on any atom is -0.396 e. The Hall–Kier alpha value is -3.48. The summed E-state index contributed by atoms with van der Waals surface area (Å²) in [5, 5.41) is 17.9. The summed E-state index contributed by atoms with van der Waals surface area (Å²) in [5.74, 6) is -0.182. The van der Waals surface area contributed by atoms with E-state index in [1.165, 1.54) is 78.7 Å². The molecule has 0 saturated carbocycles. The van der Waals surface area contributed by atoms with Crippen molar-refractivity contribution >= 4 is 158 Å². The number of thioether (sulfide) groups is 2. The zero-order valence-corrected chi connectivity index (χ0v) is 31.4. The maximum atomic E-state index is 12.5. The first kappa shape index (κ1) is 33.0. The molecule has 6 N–H and O–H groups in total. The first-order chi connectivity index (χ1) is 22.9. The van der Waals surface area contributed by atoms with Crippen LogP contribution in [0, 0.1) is 10.8 Å². The Bertz CT molecular complexity index is 2320. The molecule has 6 heterocycles. The van der Waals surface area contributed by atoms with Crippen molar-refractivity contribution in [3.05, 3.63) is 97.6 Å². The second kappa shape index (κ2) is 12.8. The van der Waals surface area contributed by atoms with Crippen molar-refractivity contribution in [3.63, 3.8) is 0 Å². The Balaban J connectivity index is 1.18. The van der Waals surface area contributed by atoms with Crippen molar-refractivity contribution in [1.29, 1.82) is 10.8 Å². The molecular weight excluding hydrogens is 757 g/mol. The van der Waals surface area contributed by atoms with Crippen LogP contribution in [0.25, 0.3) is 33.1 Å². The average molecular weight is 779 g/mol. The van der Waals surface area contributed by atoms with E-state index in [-0.39, 0.29) is 34.6 Å². The molecule has 0 bridgehead atoms. The number of rotatable bonds is 4. The number of nitrogens with one attached hydrogen (secondary N) is 2. The summed E-state index contributed by atoms with van der Waals surface area (Å²) in [4.78, 5) is 32.7. The number of nitrogens with two attached hydrogens (primary N) is 2. The van der Waals surface area contributed by atoms with E-state index in [0.29, 0.717) is 29.6 Å². The van der Waals surface area contributed by atoms with Gasteiger partial charge in [0.25, 0.3) is 11.8 Å². The molecule has 0 aromatic carbocycles. The highest BCUT2D eigenvalue weighted by atomic mass is 32.2. The number of hydrogen-bond acceptors (Lipinski definition) is 14. The van der Waals surface area contributed by atoms with Crippen molar-refractivity contribution in [2.75, 3.05) is 14.1 Å². The fraction of sp³-hybridized carbons (Fsp3) is 0.0625. The molecule has 0 spiro atoms. The summed E-state index contributed by atoms with van der Waals surface area (Å²) in [5.41, 5.74) is 14.6. The smallest absolute Gasteiger partial charge is 0.267 e. The molecule has 2 amide bonds. The van der Waals surface area contributed by atoms with Crippen LogP contribution in [-0.4, -0.2) is 55.8 Å². The zero-order chi connectivity index (χ0) is 34.0. The van der Waals surface area contributed by atoms with Crippen LogP contribution in [0.3, 0.4) is 0 Å². The van der Waals surface area contributed by atoms with Crippen molar-refractivity contribution in [3.8, 4) is 0 Å². The third kappa shape index (κ3) is 5.79. The van der Waals surface area contributed by atoms with Crippen LogP contribution in [-0.2, 0) is 9.59 Å². The molecule has 4 aromatic rings. The largest absolute Gasteiger partial charge is 0.396 e. The van der Waals surface area contributed by atoms with Crippen LogP contribution in [0.4, 0.5) is 0 Å². The molecule has 0 unspecified atom stereocenters. The van der Waals surface area contributed by atoms with Gasteiger partial charge in [0.05, 0.1) is 32.6 Å². The predicted octanol–water partition coefficient (Wildman–Crippen LogP) is 3.88. The van der Waals surface area contributed by atoms with Crippen molar-refractivity contribution < 1.29 is 9.59 Å². The van der Waals surface area contributed by atoms with Gasteiger partial charge in [-0.15, -0.1) is 45.3 Å². The standard InChI is InChI=1S/C32H22N6O2S8/c1-37-29(39)27(47-31(37)41)19-9-5-15(45-19)11-13-3-7-17(43-13)21-23(33)25(35)22(26(36)24(21)34)18-8-4-14(44-18)12-16-6-10-20(46-16)28-30(40)38(2)32(42)48-28/h3-12,33,35H,34,36H2,1-2H3/b15-11+,16-12+,27-19+,28-20+,33-23?,35-25?. The highest BCUT2D eigenvalue weighted by Crippen LogP contribution is 2.38. The first-order valence-electron chi connectivity index (χ1n) is 13.9. The Morgan fingerprint density at radius 2 is 1.02 bits per heavy atom. The monoisotopic (exact) mass is 778 g/mol. The minimum atomic E-state index is -0.0912. The summed E-state index contributed by atoms with van der Waals surface area (Å²) in [6.07, 6.45) is 4.04. The van der Waals surface area contributed by atoms with E-state index in [1.807, 2.05) is 60.7 Å². The molecule has 2 aliphatic heterocycles. The maximum absolute atomic E-state index is 12.5. The molecule has 2 fully saturated rings. The van der Waals surface area contributed by atoms with Crippen LogP contribution in [0.5, 0.6) is 0 Å². The van der Waals surface area contributed by atoms with Crippen LogP contribution in [0.1, 0.15) is 19.5 Å². The number of hydrogen-bond donors (Lipinski definition) is 4. The van der Waals surface area contributed by atoms with Gasteiger partial charge in [-0.2, -0.15) is 0 Å². The summed E-state index contributed by atoms with van der Waals surface area (Å²) in [6.45, 7) is 0. The lowest BCUT2D eigenvalue weighted by molar-refractivity contribution is -0.120. The van der Waals surface area contributed by atoms with Crippen molar-refractivity contribution in [2.24, 2.45) is 11.5 Å². The summed E-state index contributed by atoms with van der Waals surface area (Å²) >= 11 is 19.1. The second-order valence-electron chi connectivity index (χ2n) is 10.5. The SMILES string of the molecule is CN1C(=O)/C(=c2/cc/c(=C\c3ccc(C4=C(N)C(N)=C(c5ccc(/C=c6\cc/c(=C7\SC(=S)N(C)C7=O)s6)s5)C(=N)C4=N)s3)s2)SC1=S. The van der Waals surface area contributed by atoms with Gasteiger partial charge in [-0.3, -0.25) is 30.2 Å². The third-order valence-corrected chi connectivity index (χ3v) is 15.1. The highest BCUT2D eigenvalue weighted by molar-refractivity contribution is 8.30. The summed E-state index contributed by atoms with van der Waals surface area (Å²) < 4.78 is 4.76. The normalized spacial score (nSPS) is 20.6. The quantitative estimate of drug-likeness (QED) is 0.181. The van der Waals surface area contributed by atoms with Gasteiger partial charge in [0, 0.05) is 62.9 Å². The lowest BCUT2D eigenvalue weighted by atomic mass is 9.88. The van der Waals surface area contributed by atoms with Crippen LogP contribution in [0.15, 0.2) is 59.9 Å². The molecule has 0 atom stereocenters. The van der Waals surface area contributed by atoms with Gasteiger partial charge in [-0.05, 0) is 60.7 Å². The van der Waals surface area contributed by atoms with Crippen LogP contribution in [0.2, 0.25) is 0 Å².